The minimum absolute atomic E-state index is 0.0718. The predicted molar refractivity (Wildman–Crippen MR) is 82.3 cm³/mol. The average Bonchev–Trinajstić information content (AvgIpc) is 3.06. The van der Waals surface area contributed by atoms with Crippen LogP contribution in [0.4, 0.5) is 0 Å². The summed E-state index contributed by atoms with van der Waals surface area (Å²) in [6.07, 6.45) is 1.52. The Hall–Kier alpha value is -1.40. The molecule has 0 saturated carbocycles. The Labute approximate surface area is 129 Å². The van der Waals surface area contributed by atoms with Gasteiger partial charge < -0.3 is 14.9 Å². The smallest absolute Gasteiger partial charge is 0.264 e. The SMILES string of the molecule is CN(CC(C)(C)O)C(=O)[C@@H]1CCCN1C(=O)c1cccs1. The summed E-state index contributed by atoms with van der Waals surface area (Å²) in [7, 11) is 1.67. The van der Waals surface area contributed by atoms with Crippen LogP contribution in [0.15, 0.2) is 17.5 Å². The first-order chi connectivity index (χ1) is 9.79. The first-order valence-corrected chi connectivity index (χ1v) is 7.99. The molecule has 2 heterocycles. The molecule has 2 rings (SSSR count). The zero-order chi connectivity index (χ0) is 15.6. The first-order valence-electron chi connectivity index (χ1n) is 7.11. The van der Waals surface area contributed by atoms with Crippen molar-refractivity contribution in [2.45, 2.75) is 38.3 Å². The van der Waals surface area contributed by atoms with Crippen molar-refractivity contribution >= 4 is 23.2 Å². The van der Waals surface area contributed by atoms with E-state index in [4.69, 9.17) is 0 Å². The molecule has 21 heavy (non-hydrogen) atoms. The molecule has 1 fully saturated rings. The number of likely N-dealkylation sites (N-methyl/N-ethyl adjacent to an activating group) is 1. The van der Waals surface area contributed by atoms with Crippen molar-refractivity contribution in [3.8, 4) is 0 Å². The van der Waals surface area contributed by atoms with E-state index in [1.807, 2.05) is 11.4 Å². The third-order valence-corrected chi connectivity index (χ3v) is 4.39. The number of hydrogen-bond acceptors (Lipinski definition) is 4. The topological polar surface area (TPSA) is 60.9 Å². The maximum Gasteiger partial charge on any atom is 0.264 e. The molecule has 0 aromatic carbocycles. The van der Waals surface area contributed by atoms with Gasteiger partial charge in [-0.1, -0.05) is 6.07 Å². The lowest BCUT2D eigenvalue weighted by Crippen LogP contribution is -2.49. The predicted octanol–water partition coefficient (Wildman–Crippen LogP) is 1.58. The van der Waals surface area contributed by atoms with Crippen molar-refractivity contribution in [1.82, 2.24) is 9.80 Å². The molecule has 0 unspecified atom stereocenters. The highest BCUT2D eigenvalue weighted by atomic mass is 32.1. The van der Waals surface area contributed by atoms with Crippen LogP contribution in [0.1, 0.15) is 36.4 Å². The lowest BCUT2D eigenvalue weighted by molar-refractivity contribution is -0.136. The van der Waals surface area contributed by atoms with Crippen molar-refractivity contribution in [3.05, 3.63) is 22.4 Å². The number of nitrogens with zero attached hydrogens (tertiary/aromatic N) is 2. The summed E-state index contributed by atoms with van der Waals surface area (Å²) in [5.41, 5.74) is -0.939. The molecular formula is C15H22N2O3S. The van der Waals surface area contributed by atoms with Gasteiger partial charge in [0, 0.05) is 20.1 Å². The Morgan fingerprint density at radius 1 is 1.52 bits per heavy atom. The number of carbonyl (C=O) groups excluding carboxylic acids is 2. The van der Waals surface area contributed by atoms with E-state index in [1.165, 1.54) is 16.2 Å². The summed E-state index contributed by atoms with van der Waals surface area (Å²) in [6, 6.07) is 3.21. The number of rotatable bonds is 4. The van der Waals surface area contributed by atoms with Crippen LogP contribution in [0.3, 0.4) is 0 Å². The van der Waals surface area contributed by atoms with E-state index < -0.39 is 11.6 Å². The Kier molecular flexibility index (Phi) is 4.68. The van der Waals surface area contributed by atoms with Gasteiger partial charge in [-0.15, -0.1) is 11.3 Å². The summed E-state index contributed by atoms with van der Waals surface area (Å²) >= 11 is 1.39. The van der Waals surface area contributed by atoms with Crippen LogP contribution >= 0.6 is 11.3 Å². The van der Waals surface area contributed by atoms with Gasteiger partial charge >= 0.3 is 0 Å². The van der Waals surface area contributed by atoms with Crippen molar-refractivity contribution in [1.29, 1.82) is 0 Å². The van der Waals surface area contributed by atoms with Crippen molar-refractivity contribution < 1.29 is 14.7 Å². The normalized spacial score (nSPS) is 18.9. The van der Waals surface area contributed by atoms with E-state index in [9.17, 15) is 14.7 Å². The Balaban J connectivity index is 2.08. The number of thiophene rings is 1. The molecule has 1 aliphatic heterocycles. The van der Waals surface area contributed by atoms with Gasteiger partial charge in [0.1, 0.15) is 6.04 Å². The highest BCUT2D eigenvalue weighted by molar-refractivity contribution is 7.12. The van der Waals surface area contributed by atoms with E-state index in [2.05, 4.69) is 0 Å². The second-order valence-electron chi connectivity index (χ2n) is 6.14. The fraction of sp³-hybridized carbons (Fsp3) is 0.600. The molecule has 0 spiro atoms. The van der Waals surface area contributed by atoms with E-state index in [0.717, 1.165) is 6.42 Å². The van der Waals surface area contributed by atoms with Gasteiger partial charge in [-0.05, 0) is 38.1 Å². The second kappa shape index (κ2) is 6.15. The highest BCUT2D eigenvalue weighted by Gasteiger charge is 2.37. The summed E-state index contributed by atoms with van der Waals surface area (Å²) in [5, 5.41) is 11.7. The Morgan fingerprint density at radius 2 is 2.24 bits per heavy atom. The largest absolute Gasteiger partial charge is 0.389 e. The highest BCUT2D eigenvalue weighted by Crippen LogP contribution is 2.23. The summed E-state index contributed by atoms with van der Waals surface area (Å²) in [4.78, 5) is 28.8. The van der Waals surface area contributed by atoms with E-state index >= 15 is 0 Å². The molecule has 1 saturated heterocycles. The number of aliphatic hydroxyl groups is 1. The molecule has 0 bridgehead atoms. The molecule has 1 N–H and O–H groups in total. The molecule has 0 aliphatic carbocycles. The molecule has 116 valence electrons. The molecule has 6 heteroatoms. The van der Waals surface area contributed by atoms with E-state index in [-0.39, 0.29) is 18.4 Å². The first kappa shape index (κ1) is 16.0. The van der Waals surface area contributed by atoms with Gasteiger partial charge in [0.15, 0.2) is 0 Å². The van der Waals surface area contributed by atoms with E-state index in [0.29, 0.717) is 17.8 Å². The van der Waals surface area contributed by atoms with Crippen molar-refractivity contribution in [2.75, 3.05) is 20.1 Å². The van der Waals surface area contributed by atoms with Crippen LogP contribution in [0.25, 0.3) is 0 Å². The molecule has 1 atom stereocenters. The lowest BCUT2D eigenvalue weighted by Gasteiger charge is -2.31. The number of likely N-dealkylation sites (tertiary alicyclic amines) is 1. The Bertz CT molecular complexity index is 507. The van der Waals surface area contributed by atoms with Crippen LogP contribution in [-0.2, 0) is 4.79 Å². The fourth-order valence-corrected chi connectivity index (χ4v) is 3.40. The minimum atomic E-state index is -0.939. The third kappa shape index (κ3) is 3.83. The number of hydrogen-bond donors (Lipinski definition) is 1. The van der Waals surface area contributed by atoms with Crippen LogP contribution in [0.2, 0.25) is 0 Å². The number of amides is 2. The molecule has 0 radical (unpaired) electrons. The van der Waals surface area contributed by atoms with Gasteiger partial charge in [-0.2, -0.15) is 0 Å². The van der Waals surface area contributed by atoms with E-state index in [1.54, 1.807) is 31.9 Å². The summed E-state index contributed by atoms with van der Waals surface area (Å²) in [6.45, 7) is 4.20. The molecule has 2 amide bonds. The van der Waals surface area contributed by atoms with Gasteiger partial charge in [0.25, 0.3) is 5.91 Å². The third-order valence-electron chi connectivity index (χ3n) is 3.53. The fourth-order valence-electron chi connectivity index (χ4n) is 2.72. The molecule has 1 aliphatic rings. The molecule has 1 aromatic rings. The second-order valence-corrected chi connectivity index (χ2v) is 7.09. The minimum Gasteiger partial charge on any atom is -0.389 e. The monoisotopic (exact) mass is 310 g/mol. The van der Waals surface area contributed by atoms with Crippen molar-refractivity contribution in [3.63, 3.8) is 0 Å². The van der Waals surface area contributed by atoms with Gasteiger partial charge in [-0.3, -0.25) is 9.59 Å². The zero-order valence-electron chi connectivity index (χ0n) is 12.7. The summed E-state index contributed by atoms with van der Waals surface area (Å²) < 4.78 is 0. The molecule has 1 aromatic heterocycles. The average molecular weight is 310 g/mol. The quantitative estimate of drug-likeness (QED) is 0.918. The maximum atomic E-state index is 12.5. The van der Waals surface area contributed by atoms with Crippen LogP contribution < -0.4 is 0 Å². The maximum absolute atomic E-state index is 12.5. The van der Waals surface area contributed by atoms with Crippen LogP contribution in [0, 0.1) is 0 Å². The van der Waals surface area contributed by atoms with Crippen LogP contribution in [0.5, 0.6) is 0 Å². The van der Waals surface area contributed by atoms with Crippen LogP contribution in [-0.4, -0.2) is 58.5 Å². The standard InChI is InChI=1S/C15H22N2O3S/c1-15(2,20)10-16(3)13(18)11-6-4-8-17(11)14(19)12-7-5-9-21-12/h5,7,9,11,20H,4,6,8,10H2,1-3H3/t11-/m0/s1. The molecular weight excluding hydrogens is 288 g/mol. The van der Waals surface area contributed by atoms with Crippen molar-refractivity contribution in [2.24, 2.45) is 0 Å². The van der Waals surface area contributed by atoms with Gasteiger partial charge in [-0.25, -0.2) is 0 Å². The van der Waals surface area contributed by atoms with Gasteiger partial charge in [0.05, 0.1) is 10.5 Å². The zero-order valence-corrected chi connectivity index (χ0v) is 13.5. The lowest BCUT2D eigenvalue weighted by atomic mass is 10.1. The number of carbonyl (C=O) groups is 2. The summed E-state index contributed by atoms with van der Waals surface area (Å²) in [5.74, 6) is -0.169. The Morgan fingerprint density at radius 3 is 2.81 bits per heavy atom. The van der Waals surface area contributed by atoms with Gasteiger partial charge in [0.2, 0.25) is 5.91 Å². The molecule has 5 nitrogen and oxygen atoms in total.